The van der Waals surface area contributed by atoms with Crippen molar-refractivity contribution in [2.75, 3.05) is 11.1 Å². The molecule has 0 saturated heterocycles. The van der Waals surface area contributed by atoms with Crippen LogP contribution in [0.5, 0.6) is 0 Å². The lowest BCUT2D eigenvalue weighted by molar-refractivity contribution is -0.384. The highest BCUT2D eigenvalue weighted by Crippen LogP contribution is 2.27. The first-order valence-electron chi connectivity index (χ1n) is 9.58. The van der Waals surface area contributed by atoms with Crippen molar-refractivity contribution in [3.8, 4) is 6.07 Å². The number of non-ortho nitro benzene ring substituents is 1. The molecule has 0 spiro atoms. The van der Waals surface area contributed by atoms with E-state index in [4.69, 9.17) is 4.98 Å². The lowest BCUT2D eigenvalue weighted by Crippen LogP contribution is -2.13. The van der Waals surface area contributed by atoms with Crippen molar-refractivity contribution in [2.24, 2.45) is 0 Å². The molecule has 3 rings (SSSR count). The number of amides is 1. The fourth-order valence-corrected chi connectivity index (χ4v) is 4.21. The first kappa shape index (κ1) is 20.8. The van der Waals surface area contributed by atoms with Gasteiger partial charge in [0.05, 0.1) is 16.2 Å². The number of carbonyl (C=O) groups is 1. The molecular formula is C21H22N4O3S. The molecule has 0 saturated carbocycles. The molecule has 1 aromatic carbocycles. The number of nitriles is 1. The molecule has 0 unspecified atom stereocenters. The van der Waals surface area contributed by atoms with Gasteiger partial charge in [0.15, 0.2) is 0 Å². The second-order valence-corrected chi connectivity index (χ2v) is 8.11. The molecule has 0 atom stereocenters. The lowest BCUT2D eigenvalue weighted by atomic mass is 10.1. The topological polar surface area (TPSA) is 109 Å². The summed E-state index contributed by atoms with van der Waals surface area (Å²) in [5.74, 6) is 0.245. The van der Waals surface area contributed by atoms with Crippen LogP contribution < -0.4 is 5.32 Å². The van der Waals surface area contributed by atoms with Gasteiger partial charge in [-0.1, -0.05) is 12.5 Å². The molecule has 1 N–H and O–H groups in total. The summed E-state index contributed by atoms with van der Waals surface area (Å²) in [4.78, 5) is 27.4. The quantitative estimate of drug-likeness (QED) is 0.324. The molecule has 0 aliphatic heterocycles. The monoisotopic (exact) mass is 410 g/mol. The fourth-order valence-electron chi connectivity index (χ4n) is 3.29. The van der Waals surface area contributed by atoms with Gasteiger partial charge in [-0.25, -0.2) is 4.98 Å². The summed E-state index contributed by atoms with van der Waals surface area (Å²) in [5, 5.41) is 23.8. The minimum atomic E-state index is -0.488. The van der Waals surface area contributed by atoms with Gasteiger partial charge < -0.3 is 5.32 Å². The molecule has 150 valence electrons. The number of nitro benzene ring substituents is 1. The van der Waals surface area contributed by atoms with Crippen molar-refractivity contribution < 1.29 is 9.72 Å². The number of thioether (sulfide) groups is 1. The van der Waals surface area contributed by atoms with Crippen LogP contribution in [0.1, 0.15) is 48.1 Å². The van der Waals surface area contributed by atoms with Crippen molar-refractivity contribution in [1.82, 2.24) is 4.98 Å². The summed E-state index contributed by atoms with van der Waals surface area (Å²) in [6.07, 6.45) is 5.53. The van der Waals surface area contributed by atoms with Gasteiger partial charge in [-0.3, -0.25) is 14.9 Å². The van der Waals surface area contributed by atoms with Crippen LogP contribution in [0.3, 0.4) is 0 Å². The molecular weight excluding hydrogens is 388 g/mol. The number of carbonyl (C=O) groups excluding carboxylic acids is 1. The summed E-state index contributed by atoms with van der Waals surface area (Å²) in [7, 11) is 0. The average Bonchev–Trinajstić information content (AvgIpc) is 2.93. The second-order valence-electron chi connectivity index (χ2n) is 7.02. The maximum atomic E-state index is 12.3. The maximum absolute atomic E-state index is 12.3. The van der Waals surface area contributed by atoms with Gasteiger partial charge in [0, 0.05) is 30.0 Å². The fraction of sp³-hybridized carbons (Fsp3) is 0.381. The third-order valence-corrected chi connectivity index (χ3v) is 5.90. The van der Waals surface area contributed by atoms with Gasteiger partial charge in [0.1, 0.15) is 11.1 Å². The Balaban J connectivity index is 1.62. The number of rotatable bonds is 6. The Kier molecular flexibility index (Phi) is 6.83. The molecule has 0 bridgehead atoms. The van der Waals surface area contributed by atoms with E-state index < -0.39 is 4.92 Å². The highest BCUT2D eigenvalue weighted by atomic mass is 32.2. The van der Waals surface area contributed by atoms with E-state index in [1.807, 2.05) is 6.07 Å². The Morgan fingerprint density at radius 2 is 2.10 bits per heavy atom. The summed E-state index contributed by atoms with van der Waals surface area (Å²) in [6.45, 7) is 1.78. The number of nitro groups is 1. The number of hydrogen-bond donors (Lipinski definition) is 1. The van der Waals surface area contributed by atoms with Gasteiger partial charge >= 0.3 is 0 Å². The normalized spacial score (nSPS) is 13.1. The number of hydrogen-bond acceptors (Lipinski definition) is 6. The molecule has 2 aromatic rings. The number of aromatic nitrogens is 1. The van der Waals surface area contributed by atoms with E-state index in [0.29, 0.717) is 22.0 Å². The number of anilines is 1. The lowest BCUT2D eigenvalue weighted by Gasteiger charge is -2.10. The van der Waals surface area contributed by atoms with Crippen molar-refractivity contribution in [1.29, 1.82) is 5.26 Å². The molecule has 1 aliphatic carbocycles. The van der Waals surface area contributed by atoms with Crippen molar-refractivity contribution in [3.63, 3.8) is 0 Å². The van der Waals surface area contributed by atoms with E-state index in [9.17, 15) is 20.2 Å². The first-order chi connectivity index (χ1) is 14.0. The summed E-state index contributed by atoms with van der Waals surface area (Å²) < 4.78 is 0. The molecule has 8 heteroatoms. The van der Waals surface area contributed by atoms with E-state index in [-0.39, 0.29) is 18.0 Å². The SMILES string of the molecule is Cc1ccc([N+](=O)[O-])cc1NC(=O)CCSc1nc2c(cc1C#N)CCCCC2. The minimum Gasteiger partial charge on any atom is -0.326 e. The predicted octanol–water partition coefficient (Wildman–Crippen LogP) is 4.56. The Morgan fingerprint density at radius 3 is 2.86 bits per heavy atom. The van der Waals surface area contributed by atoms with E-state index in [0.717, 1.165) is 36.9 Å². The zero-order valence-corrected chi connectivity index (χ0v) is 17.1. The van der Waals surface area contributed by atoms with Gasteiger partial charge in [0.25, 0.3) is 5.69 Å². The van der Waals surface area contributed by atoms with Crippen LogP contribution in [0.2, 0.25) is 0 Å². The standard InChI is InChI=1S/C21H22N4O3S/c1-14-7-8-17(25(27)28)12-19(14)23-20(26)9-10-29-21-16(13-22)11-15-5-3-2-4-6-18(15)24-21/h7-8,11-12H,2-6,9-10H2,1H3,(H,23,26). The zero-order valence-electron chi connectivity index (χ0n) is 16.2. The Hall–Kier alpha value is -2.92. The number of aryl methyl sites for hydroxylation is 3. The molecule has 1 amide bonds. The van der Waals surface area contributed by atoms with E-state index in [2.05, 4.69) is 11.4 Å². The average molecular weight is 410 g/mol. The molecule has 7 nitrogen and oxygen atoms in total. The molecule has 1 aromatic heterocycles. The van der Waals surface area contributed by atoms with Gasteiger partial charge in [-0.2, -0.15) is 5.26 Å². The van der Waals surface area contributed by atoms with Crippen LogP contribution in [0.25, 0.3) is 0 Å². The number of fused-ring (bicyclic) bond motifs is 1. The van der Waals surface area contributed by atoms with Gasteiger partial charge in [0.2, 0.25) is 5.91 Å². The van der Waals surface area contributed by atoms with Crippen LogP contribution in [-0.4, -0.2) is 21.6 Å². The van der Waals surface area contributed by atoms with E-state index in [1.54, 1.807) is 13.0 Å². The van der Waals surface area contributed by atoms with Gasteiger partial charge in [-0.15, -0.1) is 11.8 Å². The molecule has 1 aliphatic rings. The molecule has 0 radical (unpaired) electrons. The van der Waals surface area contributed by atoms with Crippen molar-refractivity contribution in [3.05, 3.63) is 56.8 Å². The number of pyridine rings is 1. The molecule has 29 heavy (non-hydrogen) atoms. The third kappa shape index (κ3) is 5.33. The summed E-state index contributed by atoms with van der Waals surface area (Å²) >= 11 is 1.40. The third-order valence-electron chi connectivity index (χ3n) is 4.91. The minimum absolute atomic E-state index is 0.0619. The first-order valence-corrected chi connectivity index (χ1v) is 10.6. The smallest absolute Gasteiger partial charge is 0.271 e. The van der Waals surface area contributed by atoms with Crippen LogP contribution in [0.15, 0.2) is 29.3 Å². The van der Waals surface area contributed by atoms with E-state index >= 15 is 0 Å². The number of nitrogens with one attached hydrogen (secondary N) is 1. The highest BCUT2D eigenvalue weighted by Gasteiger charge is 2.16. The van der Waals surface area contributed by atoms with Crippen LogP contribution in [0, 0.1) is 28.4 Å². The van der Waals surface area contributed by atoms with Gasteiger partial charge in [-0.05, 0) is 49.8 Å². The second kappa shape index (κ2) is 9.52. The Labute approximate surface area is 173 Å². The largest absolute Gasteiger partial charge is 0.326 e. The van der Waals surface area contributed by atoms with Crippen LogP contribution in [0.4, 0.5) is 11.4 Å². The van der Waals surface area contributed by atoms with Crippen molar-refractivity contribution >= 4 is 29.0 Å². The molecule has 0 fully saturated rings. The number of benzene rings is 1. The number of nitrogens with zero attached hydrogens (tertiary/aromatic N) is 3. The highest BCUT2D eigenvalue weighted by molar-refractivity contribution is 7.99. The summed E-state index contributed by atoms with van der Waals surface area (Å²) in [6, 6.07) is 8.55. The van der Waals surface area contributed by atoms with Crippen LogP contribution in [-0.2, 0) is 17.6 Å². The summed E-state index contributed by atoms with van der Waals surface area (Å²) in [5.41, 5.74) is 3.94. The molecule has 1 heterocycles. The Bertz CT molecular complexity index is 985. The van der Waals surface area contributed by atoms with E-state index in [1.165, 1.54) is 35.9 Å². The predicted molar refractivity (Wildman–Crippen MR) is 112 cm³/mol. The van der Waals surface area contributed by atoms with Crippen molar-refractivity contribution in [2.45, 2.75) is 50.5 Å². The Morgan fingerprint density at radius 1 is 1.31 bits per heavy atom. The maximum Gasteiger partial charge on any atom is 0.271 e. The zero-order chi connectivity index (χ0) is 20.8. The van der Waals surface area contributed by atoms with Crippen LogP contribution >= 0.6 is 11.8 Å².